The third-order valence-electron chi connectivity index (χ3n) is 3.29. The molecule has 2 aromatic heterocycles. The van der Waals surface area contributed by atoms with E-state index in [4.69, 9.17) is 11.1 Å². The zero-order valence-corrected chi connectivity index (χ0v) is 15.3. The molecule has 0 unspecified atom stereocenters. The molecule has 0 fully saturated rings. The van der Waals surface area contributed by atoms with E-state index < -0.39 is 0 Å². The van der Waals surface area contributed by atoms with E-state index in [0.29, 0.717) is 0 Å². The van der Waals surface area contributed by atoms with Crippen LogP contribution in [0.1, 0.15) is 10.4 Å². The molecule has 1 aromatic carbocycles. The van der Waals surface area contributed by atoms with Crippen molar-refractivity contribution < 1.29 is 5.11 Å². The fraction of sp³-hybridized carbons (Fsp3) is 0.125. The molecule has 8 heteroatoms. The van der Waals surface area contributed by atoms with Crippen LogP contribution in [-0.4, -0.2) is 22.2 Å². The fourth-order valence-corrected chi connectivity index (χ4v) is 4.64. The lowest BCUT2D eigenvalue weighted by Crippen LogP contribution is -2.08. The lowest BCUT2D eigenvalue weighted by atomic mass is 10.2. The number of anilines is 2. The average Bonchev–Trinajstić information content (AvgIpc) is 3.21. The first kappa shape index (κ1) is 17.0. The van der Waals surface area contributed by atoms with Gasteiger partial charge in [-0.1, -0.05) is 12.1 Å². The van der Waals surface area contributed by atoms with Crippen molar-refractivity contribution in [2.24, 2.45) is 5.73 Å². The lowest BCUT2D eigenvalue weighted by molar-refractivity contribution is 0.282. The van der Waals surface area contributed by atoms with Gasteiger partial charge in [0.2, 0.25) is 0 Å². The summed E-state index contributed by atoms with van der Waals surface area (Å²) in [6, 6.07) is 9.52. The maximum atomic E-state index is 9.22. The first-order valence-corrected chi connectivity index (χ1v) is 9.97. The van der Waals surface area contributed by atoms with E-state index in [9.17, 15) is 5.11 Å². The Balaban J connectivity index is 1.86. The van der Waals surface area contributed by atoms with Crippen LogP contribution < -0.4 is 11.1 Å². The highest BCUT2D eigenvalue weighted by atomic mass is 32.2. The molecule has 0 aliphatic carbocycles. The van der Waals surface area contributed by atoms with Crippen molar-refractivity contribution >= 4 is 51.1 Å². The molecule has 0 spiro atoms. The van der Waals surface area contributed by atoms with Gasteiger partial charge >= 0.3 is 0 Å². The number of thiophene rings is 1. The summed E-state index contributed by atoms with van der Waals surface area (Å²) in [5.41, 5.74) is 9.22. The molecule has 3 rings (SSSR count). The van der Waals surface area contributed by atoms with E-state index in [-0.39, 0.29) is 12.4 Å². The maximum Gasteiger partial charge on any atom is 0.187 e. The first-order chi connectivity index (χ1) is 11.6. The maximum absolute atomic E-state index is 9.22. The Kier molecular flexibility index (Phi) is 5.20. The largest absolute Gasteiger partial charge is 0.392 e. The minimum absolute atomic E-state index is 0.0124. The molecular weight excluding hydrogens is 360 g/mol. The van der Waals surface area contributed by atoms with Crippen LogP contribution in [-0.2, 0) is 6.61 Å². The zero-order chi connectivity index (χ0) is 17.1. The van der Waals surface area contributed by atoms with Gasteiger partial charge in [0.05, 0.1) is 21.4 Å². The number of nitrogens with zero attached hydrogens (tertiary/aromatic N) is 1. The molecule has 0 aliphatic rings. The third-order valence-corrected chi connectivity index (χ3v) is 6.35. The van der Waals surface area contributed by atoms with E-state index in [1.807, 2.05) is 42.0 Å². The Hall–Kier alpha value is -1.87. The van der Waals surface area contributed by atoms with Crippen LogP contribution in [0.15, 0.2) is 39.9 Å². The smallest absolute Gasteiger partial charge is 0.187 e. The summed E-state index contributed by atoms with van der Waals surface area (Å²) in [5.74, 6) is 0.0796. The van der Waals surface area contributed by atoms with Gasteiger partial charge in [0.25, 0.3) is 0 Å². The molecule has 0 atom stereocenters. The molecule has 0 saturated heterocycles. The normalized spacial score (nSPS) is 10.8. The molecular formula is C16H16N4OS3. The average molecular weight is 377 g/mol. The summed E-state index contributed by atoms with van der Waals surface area (Å²) in [4.78, 5) is 5.40. The number of benzene rings is 1. The van der Waals surface area contributed by atoms with Crippen molar-refractivity contribution in [3.8, 4) is 11.3 Å². The molecule has 24 heavy (non-hydrogen) atoms. The van der Waals surface area contributed by atoms with Crippen LogP contribution in [0.3, 0.4) is 0 Å². The third kappa shape index (κ3) is 3.62. The number of hydrogen-bond acceptors (Lipinski definition) is 7. The van der Waals surface area contributed by atoms with E-state index in [1.54, 1.807) is 11.8 Å². The summed E-state index contributed by atoms with van der Waals surface area (Å²) in [7, 11) is 0. The number of aliphatic hydroxyl groups excluding tert-OH is 1. The number of hydrogen-bond donors (Lipinski definition) is 4. The second-order valence-electron chi connectivity index (χ2n) is 4.95. The molecule has 3 aromatic rings. The standard InChI is InChI=1S/C16H16N4OS3/c1-22-15-11(6-13(24-15)14(17)18)12-8-23-16(20-12)19-10-4-2-3-9(5-10)7-21/h2-6,8,21H,7H2,1H3,(H3,17,18)(H,19,20). The van der Waals surface area contributed by atoms with E-state index in [2.05, 4.69) is 10.3 Å². The molecule has 0 aliphatic heterocycles. The van der Waals surface area contributed by atoms with Gasteiger partial charge in [-0.25, -0.2) is 4.98 Å². The predicted molar refractivity (Wildman–Crippen MR) is 104 cm³/mol. The van der Waals surface area contributed by atoms with Crippen LogP contribution in [0.2, 0.25) is 0 Å². The number of aromatic nitrogens is 1. The number of thiazole rings is 1. The molecule has 0 amide bonds. The van der Waals surface area contributed by atoms with Crippen molar-refractivity contribution in [3.63, 3.8) is 0 Å². The number of nitrogen functional groups attached to an aromatic ring is 1. The highest BCUT2D eigenvalue weighted by Crippen LogP contribution is 2.39. The Bertz CT molecular complexity index is 872. The van der Waals surface area contributed by atoms with Gasteiger partial charge in [0, 0.05) is 16.6 Å². The monoisotopic (exact) mass is 376 g/mol. The van der Waals surface area contributed by atoms with E-state index in [0.717, 1.165) is 36.7 Å². The highest BCUT2D eigenvalue weighted by Gasteiger charge is 2.15. The van der Waals surface area contributed by atoms with Gasteiger partial charge in [-0.05, 0) is 30.0 Å². The van der Waals surface area contributed by atoms with Gasteiger partial charge in [-0.3, -0.25) is 5.41 Å². The quantitative estimate of drug-likeness (QED) is 0.295. The molecule has 0 radical (unpaired) electrons. The Morgan fingerprint density at radius 3 is 2.96 bits per heavy atom. The number of rotatable bonds is 6. The Morgan fingerprint density at radius 2 is 2.25 bits per heavy atom. The van der Waals surface area contributed by atoms with Crippen molar-refractivity contribution in [1.82, 2.24) is 4.98 Å². The SMILES string of the molecule is CSc1sc(C(=N)N)cc1-c1csc(Nc2cccc(CO)c2)n1. The second-order valence-corrected chi connectivity index (χ2v) is 7.94. The highest BCUT2D eigenvalue weighted by molar-refractivity contribution is 8.00. The zero-order valence-electron chi connectivity index (χ0n) is 12.9. The summed E-state index contributed by atoms with van der Waals surface area (Å²) in [5, 5.41) is 22.9. The van der Waals surface area contributed by atoms with Crippen molar-refractivity contribution in [1.29, 1.82) is 5.41 Å². The number of thioether (sulfide) groups is 1. The molecule has 124 valence electrons. The fourth-order valence-electron chi connectivity index (χ4n) is 2.16. The summed E-state index contributed by atoms with van der Waals surface area (Å²) >= 11 is 4.66. The minimum atomic E-state index is 0.0124. The number of amidine groups is 1. The lowest BCUT2D eigenvalue weighted by Gasteiger charge is -2.04. The van der Waals surface area contributed by atoms with Gasteiger partial charge in [0.1, 0.15) is 5.84 Å². The van der Waals surface area contributed by atoms with Crippen molar-refractivity contribution in [2.45, 2.75) is 10.8 Å². The van der Waals surface area contributed by atoms with Crippen LogP contribution in [0.4, 0.5) is 10.8 Å². The molecule has 2 heterocycles. The van der Waals surface area contributed by atoms with Crippen LogP contribution >= 0.6 is 34.4 Å². The minimum Gasteiger partial charge on any atom is -0.392 e. The van der Waals surface area contributed by atoms with Gasteiger partial charge in [0.15, 0.2) is 5.13 Å². The van der Waals surface area contributed by atoms with Gasteiger partial charge < -0.3 is 16.2 Å². The predicted octanol–water partition coefficient (Wildman–Crippen LogP) is 4.11. The summed E-state index contributed by atoms with van der Waals surface area (Å²) in [6.07, 6.45) is 2.01. The summed E-state index contributed by atoms with van der Waals surface area (Å²) < 4.78 is 1.10. The molecule has 5 N–H and O–H groups in total. The molecule has 0 saturated carbocycles. The van der Waals surface area contributed by atoms with Gasteiger partial charge in [-0.15, -0.1) is 34.4 Å². The van der Waals surface area contributed by atoms with Crippen molar-refractivity contribution in [3.05, 3.63) is 46.2 Å². The second kappa shape index (κ2) is 7.35. The Morgan fingerprint density at radius 1 is 1.42 bits per heavy atom. The first-order valence-electron chi connectivity index (χ1n) is 7.05. The topological polar surface area (TPSA) is 95.0 Å². The van der Waals surface area contributed by atoms with Crippen LogP contribution in [0.25, 0.3) is 11.3 Å². The molecule has 0 bridgehead atoms. The van der Waals surface area contributed by atoms with Gasteiger partial charge in [-0.2, -0.15) is 0 Å². The van der Waals surface area contributed by atoms with Crippen molar-refractivity contribution in [2.75, 3.05) is 11.6 Å². The Labute approximate surface area is 152 Å². The number of nitrogens with two attached hydrogens (primary N) is 1. The van der Waals surface area contributed by atoms with E-state index in [1.165, 1.54) is 22.7 Å². The number of nitrogens with one attached hydrogen (secondary N) is 2. The summed E-state index contributed by atoms with van der Waals surface area (Å²) in [6.45, 7) is 0.0124. The van der Waals surface area contributed by atoms with Crippen LogP contribution in [0, 0.1) is 5.41 Å². The molecule has 5 nitrogen and oxygen atoms in total. The van der Waals surface area contributed by atoms with E-state index >= 15 is 0 Å². The number of aliphatic hydroxyl groups is 1. The van der Waals surface area contributed by atoms with Crippen LogP contribution in [0.5, 0.6) is 0 Å².